The van der Waals surface area contributed by atoms with Crippen LogP contribution in [0, 0.1) is 5.41 Å². The summed E-state index contributed by atoms with van der Waals surface area (Å²) >= 11 is 9.95. The SMILES string of the molecule is COc1cc(CBr)cc(Cl)c1N(C(=O)C(C)(C)C)C1CCC1. The van der Waals surface area contributed by atoms with Gasteiger partial charge in [0.15, 0.2) is 0 Å². The number of methoxy groups -OCH3 is 1. The number of nitrogens with zero attached hydrogens (tertiary/aromatic N) is 1. The second kappa shape index (κ2) is 6.79. The van der Waals surface area contributed by atoms with Gasteiger partial charge in [-0.25, -0.2) is 0 Å². The van der Waals surface area contributed by atoms with Crippen LogP contribution in [0.25, 0.3) is 0 Å². The maximum Gasteiger partial charge on any atom is 0.232 e. The molecule has 1 saturated carbocycles. The number of ether oxygens (including phenoxy) is 1. The highest BCUT2D eigenvalue weighted by Crippen LogP contribution is 2.43. The molecule has 3 nitrogen and oxygen atoms in total. The summed E-state index contributed by atoms with van der Waals surface area (Å²) in [6.07, 6.45) is 3.18. The molecule has 122 valence electrons. The lowest BCUT2D eigenvalue weighted by atomic mass is 9.87. The van der Waals surface area contributed by atoms with Gasteiger partial charge in [0.1, 0.15) is 11.4 Å². The van der Waals surface area contributed by atoms with Crippen molar-refractivity contribution in [2.75, 3.05) is 12.0 Å². The van der Waals surface area contributed by atoms with Crippen LogP contribution in [0.3, 0.4) is 0 Å². The molecule has 0 aromatic heterocycles. The Morgan fingerprint density at radius 2 is 2.05 bits per heavy atom. The van der Waals surface area contributed by atoms with E-state index in [1.165, 1.54) is 0 Å². The minimum atomic E-state index is -0.460. The van der Waals surface area contributed by atoms with E-state index in [0.29, 0.717) is 21.8 Å². The van der Waals surface area contributed by atoms with E-state index < -0.39 is 5.41 Å². The van der Waals surface area contributed by atoms with Crippen LogP contribution in [0.2, 0.25) is 5.02 Å². The number of hydrogen-bond donors (Lipinski definition) is 0. The first-order chi connectivity index (χ1) is 10.3. The average molecular weight is 389 g/mol. The van der Waals surface area contributed by atoms with Gasteiger partial charge in [-0.3, -0.25) is 4.79 Å². The number of alkyl halides is 1. The first-order valence-electron chi connectivity index (χ1n) is 7.55. The van der Waals surface area contributed by atoms with Gasteiger partial charge in [0.2, 0.25) is 5.91 Å². The normalized spacial score (nSPS) is 15.4. The van der Waals surface area contributed by atoms with Crippen molar-refractivity contribution in [3.63, 3.8) is 0 Å². The zero-order valence-corrected chi connectivity index (χ0v) is 15.9. The van der Waals surface area contributed by atoms with Crippen molar-refractivity contribution in [2.45, 2.75) is 51.4 Å². The van der Waals surface area contributed by atoms with Crippen molar-refractivity contribution < 1.29 is 9.53 Å². The van der Waals surface area contributed by atoms with Gasteiger partial charge in [0.25, 0.3) is 0 Å². The third-order valence-electron chi connectivity index (χ3n) is 4.00. The van der Waals surface area contributed by atoms with Crippen LogP contribution in [0.1, 0.15) is 45.6 Å². The Balaban J connectivity index is 2.54. The maximum atomic E-state index is 13.0. The van der Waals surface area contributed by atoms with E-state index in [9.17, 15) is 4.79 Å². The van der Waals surface area contributed by atoms with Crippen molar-refractivity contribution >= 4 is 39.1 Å². The number of rotatable bonds is 4. The largest absolute Gasteiger partial charge is 0.495 e. The molecule has 0 saturated heterocycles. The quantitative estimate of drug-likeness (QED) is 0.665. The van der Waals surface area contributed by atoms with Gasteiger partial charge in [-0.15, -0.1) is 0 Å². The zero-order chi connectivity index (χ0) is 16.5. The van der Waals surface area contributed by atoms with Gasteiger partial charge in [0.05, 0.1) is 12.1 Å². The number of carbonyl (C=O) groups excluding carboxylic acids is 1. The number of anilines is 1. The smallest absolute Gasteiger partial charge is 0.232 e. The molecule has 0 atom stereocenters. The van der Waals surface area contributed by atoms with E-state index in [2.05, 4.69) is 15.9 Å². The third kappa shape index (κ3) is 3.43. The van der Waals surface area contributed by atoms with E-state index in [1.807, 2.05) is 37.8 Å². The number of amides is 1. The Morgan fingerprint density at radius 3 is 2.45 bits per heavy atom. The fourth-order valence-electron chi connectivity index (χ4n) is 2.55. The molecule has 0 N–H and O–H groups in total. The Labute approximate surface area is 146 Å². The fourth-order valence-corrected chi connectivity index (χ4v) is 3.20. The molecule has 0 bridgehead atoms. The first-order valence-corrected chi connectivity index (χ1v) is 9.05. The fraction of sp³-hybridized carbons (Fsp3) is 0.588. The summed E-state index contributed by atoms with van der Waals surface area (Å²) in [5, 5.41) is 1.26. The minimum Gasteiger partial charge on any atom is -0.495 e. The van der Waals surface area contributed by atoms with Crippen molar-refractivity contribution in [3.05, 3.63) is 22.7 Å². The topological polar surface area (TPSA) is 29.5 Å². The van der Waals surface area contributed by atoms with Crippen LogP contribution in [-0.4, -0.2) is 19.1 Å². The molecule has 1 aliphatic rings. The molecule has 0 aliphatic heterocycles. The predicted octanol–water partition coefficient (Wildman–Crippen LogP) is 5.18. The molecule has 0 heterocycles. The zero-order valence-electron chi connectivity index (χ0n) is 13.6. The summed E-state index contributed by atoms with van der Waals surface area (Å²) in [6.45, 7) is 5.82. The number of hydrogen-bond acceptors (Lipinski definition) is 2. The standard InChI is InChI=1S/C17H23BrClNO2/c1-17(2,3)16(21)20(12-6-5-7-12)15-13(19)8-11(10-18)9-14(15)22-4/h8-9,12H,5-7,10H2,1-4H3. The van der Waals surface area contributed by atoms with Gasteiger partial charge in [-0.1, -0.05) is 48.3 Å². The minimum absolute atomic E-state index is 0.0870. The van der Waals surface area contributed by atoms with E-state index in [1.54, 1.807) is 7.11 Å². The maximum absolute atomic E-state index is 13.0. The van der Waals surface area contributed by atoms with Crippen molar-refractivity contribution in [1.29, 1.82) is 0 Å². The molecule has 1 amide bonds. The molecular formula is C17H23BrClNO2. The van der Waals surface area contributed by atoms with Gasteiger partial charge >= 0.3 is 0 Å². The molecule has 1 aromatic carbocycles. The molecule has 2 rings (SSSR count). The Kier molecular flexibility index (Phi) is 5.44. The highest BCUT2D eigenvalue weighted by Gasteiger charge is 2.38. The highest BCUT2D eigenvalue weighted by atomic mass is 79.9. The lowest BCUT2D eigenvalue weighted by molar-refractivity contribution is -0.126. The lowest BCUT2D eigenvalue weighted by Gasteiger charge is -2.41. The summed E-state index contributed by atoms with van der Waals surface area (Å²) in [7, 11) is 1.62. The summed E-state index contributed by atoms with van der Waals surface area (Å²) in [5.74, 6) is 0.746. The molecule has 22 heavy (non-hydrogen) atoms. The highest BCUT2D eigenvalue weighted by molar-refractivity contribution is 9.08. The third-order valence-corrected chi connectivity index (χ3v) is 4.94. The molecule has 1 aliphatic carbocycles. The van der Waals surface area contributed by atoms with E-state index in [4.69, 9.17) is 16.3 Å². The van der Waals surface area contributed by atoms with Crippen molar-refractivity contribution in [2.24, 2.45) is 5.41 Å². The van der Waals surface area contributed by atoms with E-state index >= 15 is 0 Å². The van der Waals surface area contributed by atoms with Gasteiger partial charge in [0, 0.05) is 16.8 Å². The molecule has 0 unspecified atom stereocenters. The Hall–Kier alpha value is -0.740. The van der Waals surface area contributed by atoms with Gasteiger partial charge < -0.3 is 9.64 Å². The van der Waals surface area contributed by atoms with Crippen LogP contribution >= 0.6 is 27.5 Å². The number of benzene rings is 1. The summed E-state index contributed by atoms with van der Waals surface area (Å²) in [4.78, 5) is 14.8. The molecule has 0 radical (unpaired) electrons. The summed E-state index contributed by atoms with van der Waals surface area (Å²) < 4.78 is 5.53. The van der Waals surface area contributed by atoms with Crippen molar-refractivity contribution in [1.82, 2.24) is 0 Å². The molecule has 1 aromatic rings. The van der Waals surface area contributed by atoms with E-state index in [0.717, 1.165) is 24.8 Å². The summed E-state index contributed by atoms with van der Waals surface area (Å²) in [5.41, 5.74) is 1.28. The van der Waals surface area contributed by atoms with Crippen LogP contribution in [0.15, 0.2) is 12.1 Å². The van der Waals surface area contributed by atoms with Crippen LogP contribution in [-0.2, 0) is 10.1 Å². The monoisotopic (exact) mass is 387 g/mol. The number of halogens is 2. The van der Waals surface area contributed by atoms with Crippen LogP contribution < -0.4 is 9.64 Å². The first kappa shape index (κ1) is 17.6. The average Bonchev–Trinajstić information content (AvgIpc) is 2.40. The van der Waals surface area contributed by atoms with Crippen LogP contribution in [0.5, 0.6) is 5.75 Å². The number of carbonyl (C=O) groups is 1. The second-order valence-corrected chi connectivity index (χ2v) is 7.74. The summed E-state index contributed by atoms with van der Waals surface area (Å²) in [6, 6.07) is 4.06. The molecule has 5 heteroatoms. The van der Waals surface area contributed by atoms with Crippen LogP contribution in [0.4, 0.5) is 5.69 Å². The molecule has 1 fully saturated rings. The molecule has 0 spiro atoms. The van der Waals surface area contributed by atoms with Crippen molar-refractivity contribution in [3.8, 4) is 5.75 Å². The molecular weight excluding hydrogens is 366 g/mol. The Bertz CT molecular complexity index is 565. The van der Waals surface area contributed by atoms with Gasteiger partial charge in [-0.05, 0) is 37.0 Å². The predicted molar refractivity (Wildman–Crippen MR) is 95.2 cm³/mol. The Morgan fingerprint density at radius 1 is 1.41 bits per heavy atom. The van der Waals surface area contributed by atoms with E-state index in [-0.39, 0.29) is 11.9 Å². The lowest BCUT2D eigenvalue weighted by Crippen LogP contribution is -2.49. The van der Waals surface area contributed by atoms with Gasteiger partial charge in [-0.2, -0.15) is 0 Å². The second-order valence-electron chi connectivity index (χ2n) is 6.77.